The number of carbonyl (C=O) groups excluding carboxylic acids is 1. The second-order valence-electron chi connectivity index (χ2n) is 2.05. The van der Waals surface area contributed by atoms with Crippen molar-refractivity contribution in [2.45, 2.75) is 0 Å². The van der Waals surface area contributed by atoms with Gasteiger partial charge in [-0.15, -0.1) is 0 Å². The molecule has 0 aliphatic heterocycles. The van der Waals surface area contributed by atoms with E-state index in [0.717, 1.165) is 12.1 Å². The molecule has 3 nitrogen and oxygen atoms in total. The molecule has 1 amide bonds. The van der Waals surface area contributed by atoms with Gasteiger partial charge in [0.15, 0.2) is 0 Å². The van der Waals surface area contributed by atoms with Crippen LogP contribution >= 0.6 is 15.9 Å². The Morgan fingerprint density at radius 1 is 1.58 bits per heavy atom. The van der Waals surface area contributed by atoms with Gasteiger partial charge in [-0.3, -0.25) is 4.79 Å². The Kier molecular flexibility index (Phi) is 2.65. The normalized spacial score (nSPS) is 9.50. The lowest BCUT2D eigenvalue weighted by molar-refractivity contribution is -0.105. The minimum Gasteiger partial charge on any atom is -0.507 e. The maximum Gasteiger partial charge on any atom is 0.211 e. The van der Waals surface area contributed by atoms with Crippen molar-refractivity contribution in [3.8, 4) is 5.75 Å². The zero-order valence-electron chi connectivity index (χ0n) is 5.84. The van der Waals surface area contributed by atoms with Crippen LogP contribution in [0.4, 0.5) is 10.1 Å². The molecule has 0 bridgehead atoms. The maximum atomic E-state index is 12.9. The number of anilines is 1. The number of hydrogen-bond acceptors (Lipinski definition) is 2. The SMILES string of the molecule is O=CNc1cc(O)c(Br)cc1F. The summed E-state index contributed by atoms with van der Waals surface area (Å²) in [6, 6.07) is 2.19. The van der Waals surface area contributed by atoms with E-state index in [9.17, 15) is 9.18 Å². The van der Waals surface area contributed by atoms with Crippen LogP contribution in [0.1, 0.15) is 0 Å². The predicted molar refractivity (Wildman–Crippen MR) is 45.5 cm³/mol. The van der Waals surface area contributed by atoms with Crippen LogP contribution in [0.15, 0.2) is 16.6 Å². The number of aromatic hydroxyl groups is 1. The van der Waals surface area contributed by atoms with Crippen molar-refractivity contribution >= 4 is 28.0 Å². The highest BCUT2D eigenvalue weighted by Gasteiger charge is 2.05. The van der Waals surface area contributed by atoms with Crippen molar-refractivity contribution in [2.24, 2.45) is 0 Å². The van der Waals surface area contributed by atoms with E-state index in [4.69, 9.17) is 5.11 Å². The third kappa shape index (κ3) is 1.73. The third-order valence-electron chi connectivity index (χ3n) is 1.25. The van der Waals surface area contributed by atoms with Crippen LogP contribution < -0.4 is 5.32 Å². The molecular formula is C7H5BrFNO2. The highest BCUT2D eigenvalue weighted by Crippen LogP contribution is 2.29. The molecule has 0 spiro atoms. The fraction of sp³-hybridized carbons (Fsp3) is 0. The lowest BCUT2D eigenvalue weighted by Crippen LogP contribution is -1.96. The summed E-state index contributed by atoms with van der Waals surface area (Å²) in [4.78, 5) is 9.95. The van der Waals surface area contributed by atoms with Gasteiger partial charge in [-0.05, 0) is 22.0 Å². The fourth-order valence-electron chi connectivity index (χ4n) is 0.712. The van der Waals surface area contributed by atoms with Gasteiger partial charge in [0.25, 0.3) is 0 Å². The zero-order valence-corrected chi connectivity index (χ0v) is 7.43. The van der Waals surface area contributed by atoms with Gasteiger partial charge in [0.05, 0.1) is 10.2 Å². The second kappa shape index (κ2) is 3.53. The summed E-state index contributed by atoms with van der Waals surface area (Å²) in [6.07, 6.45) is 0.339. The van der Waals surface area contributed by atoms with Crippen LogP contribution in [0.5, 0.6) is 5.75 Å². The number of hydrogen-bond donors (Lipinski definition) is 2. The van der Waals surface area contributed by atoms with E-state index in [1.165, 1.54) is 0 Å². The highest BCUT2D eigenvalue weighted by molar-refractivity contribution is 9.10. The molecule has 0 aromatic heterocycles. The average molecular weight is 234 g/mol. The number of phenolic OH excluding ortho intramolecular Hbond substituents is 1. The molecule has 0 saturated carbocycles. The van der Waals surface area contributed by atoms with Crippen molar-refractivity contribution in [2.75, 3.05) is 5.32 Å². The fourth-order valence-corrected chi connectivity index (χ4v) is 1.03. The number of halogens is 2. The van der Waals surface area contributed by atoms with Crippen LogP contribution in [-0.4, -0.2) is 11.5 Å². The lowest BCUT2D eigenvalue weighted by atomic mass is 10.3. The van der Waals surface area contributed by atoms with E-state index in [-0.39, 0.29) is 15.9 Å². The van der Waals surface area contributed by atoms with Crippen LogP contribution in [-0.2, 0) is 4.79 Å². The Labute approximate surface area is 76.3 Å². The highest BCUT2D eigenvalue weighted by atomic mass is 79.9. The zero-order chi connectivity index (χ0) is 9.14. The van der Waals surface area contributed by atoms with E-state index in [1.807, 2.05) is 0 Å². The Hall–Kier alpha value is -1.10. The van der Waals surface area contributed by atoms with Gasteiger partial charge in [-0.2, -0.15) is 0 Å². The molecule has 0 aliphatic rings. The largest absolute Gasteiger partial charge is 0.507 e. The number of amides is 1. The number of nitrogens with one attached hydrogen (secondary N) is 1. The summed E-state index contributed by atoms with van der Waals surface area (Å²) in [5, 5.41) is 11.2. The first kappa shape index (κ1) is 8.99. The molecule has 64 valence electrons. The van der Waals surface area contributed by atoms with Gasteiger partial charge in [-0.1, -0.05) is 0 Å². The minimum atomic E-state index is -0.605. The maximum absolute atomic E-state index is 12.9. The second-order valence-corrected chi connectivity index (χ2v) is 2.90. The Morgan fingerprint density at radius 3 is 2.83 bits per heavy atom. The molecule has 12 heavy (non-hydrogen) atoms. The minimum absolute atomic E-state index is 0.0503. The molecule has 5 heteroatoms. The smallest absolute Gasteiger partial charge is 0.211 e. The molecule has 1 rings (SSSR count). The molecule has 0 saturated heterocycles. The summed E-state index contributed by atoms with van der Waals surface area (Å²) >= 11 is 2.93. The molecule has 0 fully saturated rings. The number of rotatable bonds is 2. The first-order valence-corrected chi connectivity index (χ1v) is 3.82. The number of phenols is 1. The van der Waals surface area contributed by atoms with Gasteiger partial charge in [-0.25, -0.2) is 4.39 Å². The van der Waals surface area contributed by atoms with Gasteiger partial charge in [0, 0.05) is 6.07 Å². The first-order valence-electron chi connectivity index (χ1n) is 3.03. The average Bonchev–Trinajstić information content (AvgIpc) is 2.01. The quantitative estimate of drug-likeness (QED) is 0.767. The van der Waals surface area contributed by atoms with Gasteiger partial charge in [0.2, 0.25) is 6.41 Å². The molecule has 2 N–H and O–H groups in total. The van der Waals surface area contributed by atoms with Crippen LogP contribution in [0.25, 0.3) is 0 Å². The van der Waals surface area contributed by atoms with Gasteiger partial charge < -0.3 is 10.4 Å². The molecule has 0 radical (unpaired) electrons. The monoisotopic (exact) mass is 233 g/mol. The van der Waals surface area contributed by atoms with Crippen LogP contribution in [0, 0.1) is 5.82 Å². The summed E-state index contributed by atoms with van der Waals surface area (Å²) in [7, 11) is 0. The van der Waals surface area contributed by atoms with E-state index < -0.39 is 5.82 Å². The van der Waals surface area contributed by atoms with E-state index in [0.29, 0.717) is 6.41 Å². The van der Waals surface area contributed by atoms with E-state index >= 15 is 0 Å². The lowest BCUT2D eigenvalue weighted by Gasteiger charge is -2.02. The third-order valence-corrected chi connectivity index (χ3v) is 1.89. The number of benzene rings is 1. The van der Waals surface area contributed by atoms with Crippen molar-refractivity contribution in [3.05, 3.63) is 22.4 Å². The molecule has 0 unspecified atom stereocenters. The first-order chi connectivity index (χ1) is 5.65. The molecule has 0 heterocycles. The predicted octanol–water partition coefficient (Wildman–Crippen LogP) is 1.86. The van der Waals surface area contributed by atoms with Gasteiger partial charge in [0.1, 0.15) is 11.6 Å². The molecular weight excluding hydrogens is 229 g/mol. The summed E-state index contributed by atoms with van der Waals surface area (Å²) in [6.45, 7) is 0. The standard InChI is InChI=1S/C7H5BrFNO2/c8-4-1-5(9)6(10-3-11)2-7(4)12/h1-3,12H,(H,10,11). The Balaban J connectivity index is 3.13. The molecule has 1 aromatic rings. The molecule has 0 atom stereocenters. The topological polar surface area (TPSA) is 49.3 Å². The number of carbonyl (C=O) groups is 1. The van der Waals surface area contributed by atoms with Crippen molar-refractivity contribution < 1.29 is 14.3 Å². The van der Waals surface area contributed by atoms with Crippen LogP contribution in [0.2, 0.25) is 0 Å². The van der Waals surface area contributed by atoms with Gasteiger partial charge >= 0.3 is 0 Å². The Bertz CT molecular complexity index is 317. The summed E-state index contributed by atoms with van der Waals surface area (Å²) in [5.74, 6) is -0.729. The van der Waals surface area contributed by atoms with Crippen molar-refractivity contribution in [1.29, 1.82) is 0 Å². The summed E-state index contributed by atoms with van der Waals surface area (Å²) in [5.41, 5.74) is -0.0503. The van der Waals surface area contributed by atoms with Crippen molar-refractivity contribution in [3.63, 3.8) is 0 Å². The van der Waals surface area contributed by atoms with E-state index in [1.54, 1.807) is 0 Å². The van der Waals surface area contributed by atoms with Crippen molar-refractivity contribution in [1.82, 2.24) is 0 Å². The molecule has 1 aromatic carbocycles. The Morgan fingerprint density at radius 2 is 2.25 bits per heavy atom. The van der Waals surface area contributed by atoms with Crippen LogP contribution in [0.3, 0.4) is 0 Å². The van der Waals surface area contributed by atoms with E-state index in [2.05, 4.69) is 21.2 Å². The molecule has 0 aliphatic carbocycles. The summed E-state index contributed by atoms with van der Waals surface area (Å²) < 4.78 is 13.1.